The fourth-order valence-corrected chi connectivity index (χ4v) is 10.3. The molecule has 0 aromatic heterocycles. The maximum atomic E-state index is 6.37. The topological polar surface area (TPSA) is 9.23 Å². The minimum absolute atomic E-state index is 0.812. The zero-order valence-corrected chi connectivity index (χ0v) is 21.2. The number of ether oxygens (including phenoxy) is 1. The molecule has 0 atom stereocenters. The molecule has 0 saturated carbocycles. The fourth-order valence-electron chi connectivity index (χ4n) is 4.88. The average Bonchev–Trinajstić information content (AvgIpc) is 3.17. The van der Waals surface area contributed by atoms with E-state index in [1.54, 1.807) is 3.87 Å². The minimum atomic E-state index is -1.46. The summed E-state index contributed by atoms with van der Waals surface area (Å²) in [4.78, 5) is 0. The summed E-state index contributed by atoms with van der Waals surface area (Å²) in [6, 6.07) is 19.8. The third-order valence-electron chi connectivity index (χ3n) is 6.43. The van der Waals surface area contributed by atoms with Crippen LogP contribution in [0.4, 0.5) is 0 Å². The maximum absolute atomic E-state index is 6.37. The van der Waals surface area contributed by atoms with E-state index in [0.29, 0.717) is 0 Å². The molecule has 0 N–H and O–H groups in total. The van der Waals surface area contributed by atoms with Gasteiger partial charge >= 0.3 is 199 Å². The van der Waals surface area contributed by atoms with Crippen molar-refractivity contribution in [2.75, 3.05) is 7.11 Å². The standard InChI is InChI=1S/C20H14ClO.2C4H9.Ti/c1-22-19-10-9-16(13-5-3-2-4-6-13)18-12-14-11-15(21)7-8-17(14)20(18)19;2*1-3-4-2;/h2-8,10-11H,12H2,1H3;2*1,3-4H2,2H3;. The molecule has 0 fully saturated rings. The van der Waals surface area contributed by atoms with Gasteiger partial charge in [-0.15, -0.1) is 0 Å². The van der Waals surface area contributed by atoms with Crippen molar-refractivity contribution in [2.45, 2.75) is 55.4 Å². The first-order chi connectivity index (χ1) is 15.2. The Kier molecular flexibility index (Phi) is 7.59. The second kappa shape index (κ2) is 10.4. The number of hydrogen-bond acceptors (Lipinski definition) is 1. The molecule has 1 aliphatic rings. The van der Waals surface area contributed by atoms with Gasteiger partial charge in [0.2, 0.25) is 0 Å². The van der Waals surface area contributed by atoms with Crippen LogP contribution in [0.25, 0.3) is 22.3 Å². The Morgan fingerprint density at radius 1 is 0.903 bits per heavy atom. The van der Waals surface area contributed by atoms with Gasteiger partial charge in [0.05, 0.1) is 0 Å². The Hall–Kier alpha value is -1.54. The Morgan fingerprint density at radius 3 is 2.26 bits per heavy atom. The van der Waals surface area contributed by atoms with Crippen molar-refractivity contribution in [2.24, 2.45) is 0 Å². The van der Waals surface area contributed by atoms with E-state index in [-0.39, 0.29) is 0 Å². The zero-order chi connectivity index (χ0) is 21.8. The van der Waals surface area contributed by atoms with Crippen molar-refractivity contribution < 1.29 is 22.6 Å². The number of halogens is 1. The first-order valence-electron chi connectivity index (χ1n) is 11.6. The molecule has 1 nitrogen and oxygen atoms in total. The Morgan fingerprint density at radius 2 is 1.61 bits per heavy atom. The van der Waals surface area contributed by atoms with Crippen LogP contribution >= 0.6 is 11.6 Å². The van der Waals surface area contributed by atoms with E-state index in [1.165, 1.54) is 68.5 Å². The quantitative estimate of drug-likeness (QED) is 0.225. The summed E-state index contributed by atoms with van der Waals surface area (Å²) in [7, 11) is 1.83. The van der Waals surface area contributed by atoms with Gasteiger partial charge in [0, 0.05) is 0 Å². The van der Waals surface area contributed by atoms with Crippen molar-refractivity contribution in [3.63, 3.8) is 0 Å². The molecule has 1 aliphatic carbocycles. The van der Waals surface area contributed by atoms with Crippen LogP contribution in [0.15, 0.2) is 54.6 Å². The first kappa shape index (κ1) is 22.7. The van der Waals surface area contributed by atoms with Gasteiger partial charge in [-0.3, -0.25) is 0 Å². The molecule has 0 radical (unpaired) electrons. The van der Waals surface area contributed by atoms with E-state index in [9.17, 15) is 0 Å². The van der Waals surface area contributed by atoms with E-state index in [0.717, 1.165) is 17.2 Å². The van der Waals surface area contributed by atoms with Crippen LogP contribution in [0.2, 0.25) is 14.5 Å². The van der Waals surface area contributed by atoms with Gasteiger partial charge in [-0.1, -0.05) is 0 Å². The van der Waals surface area contributed by atoms with Crippen LogP contribution < -0.4 is 8.61 Å². The van der Waals surface area contributed by atoms with Crippen molar-refractivity contribution in [1.82, 2.24) is 0 Å². The van der Waals surface area contributed by atoms with Crippen molar-refractivity contribution >= 4 is 15.5 Å². The van der Waals surface area contributed by atoms with Gasteiger partial charge in [-0.2, -0.15) is 0 Å². The number of hydrogen-bond donors (Lipinski definition) is 0. The fraction of sp³-hybridized carbons (Fsp3) is 0.357. The van der Waals surface area contributed by atoms with Gasteiger partial charge in [0.15, 0.2) is 0 Å². The summed E-state index contributed by atoms with van der Waals surface area (Å²) in [5.41, 5.74) is 8.16. The van der Waals surface area contributed by atoms with Gasteiger partial charge in [-0.05, 0) is 0 Å². The van der Waals surface area contributed by atoms with Gasteiger partial charge in [0.25, 0.3) is 0 Å². The second-order valence-electron chi connectivity index (χ2n) is 8.51. The third kappa shape index (κ3) is 4.65. The number of methoxy groups -OCH3 is 1. The summed E-state index contributed by atoms with van der Waals surface area (Å²) in [6.45, 7) is 4.63. The predicted octanol–water partition coefficient (Wildman–Crippen LogP) is 8.27. The van der Waals surface area contributed by atoms with Gasteiger partial charge < -0.3 is 0 Å². The van der Waals surface area contributed by atoms with Crippen molar-refractivity contribution in [1.29, 1.82) is 0 Å². The monoisotopic (exact) mass is 467 g/mol. The summed E-state index contributed by atoms with van der Waals surface area (Å²) >= 11 is 4.91. The van der Waals surface area contributed by atoms with Gasteiger partial charge in [-0.25, -0.2) is 0 Å². The van der Waals surface area contributed by atoms with E-state index in [2.05, 4.69) is 62.4 Å². The summed E-state index contributed by atoms with van der Waals surface area (Å²) in [5, 5.41) is 0.812. The molecule has 161 valence electrons. The van der Waals surface area contributed by atoms with E-state index in [1.807, 2.05) is 13.2 Å². The molecule has 0 spiro atoms. The SMILES string of the molecule is CCC[CH2][Ti]([CH2]CCC)[c]1cc(OC)c2c(c1-c1ccccc1)Cc1cc(Cl)ccc1-2. The molecule has 0 bridgehead atoms. The zero-order valence-electron chi connectivity index (χ0n) is 18.9. The van der Waals surface area contributed by atoms with E-state index in [4.69, 9.17) is 16.3 Å². The van der Waals surface area contributed by atoms with Gasteiger partial charge in [0.1, 0.15) is 0 Å². The van der Waals surface area contributed by atoms with Crippen LogP contribution in [0.3, 0.4) is 0 Å². The Labute approximate surface area is 198 Å². The predicted molar refractivity (Wildman–Crippen MR) is 131 cm³/mol. The first-order valence-corrected chi connectivity index (χ1v) is 15.0. The van der Waals surface area contributed by atoms with E-state index < -0.39 is 17.9 Å². The average molecular weight is 468 g/mol. The Bertz CT molecular complexity index is 1040. The number of unbranched alkanes of at least 4 members (excludes halogenated alkanes) is 2. The third-order valence-corrected chi connectivity index (χ3v) is 11.5. The molecule has 4 rings (SSSR count). The van der Waals surface area contributed by atoms with E-state index >= 15 is 0 Å². The summed E-state index contributed by atoms with van der Waals surface area (Å²) in [6.07, 6.45) is 6.16. The molecular weight excluding hydrogens is 436 g/mol. The van der Waals surface area contributed by atoms with Crippen LogP contribution in [0.5, 0.6) is 5.75 Å². The molecule has 0 aliphatic heterocycles. The molecule has 3 aromatic carbocycles. The molecule has 0 heterocycles. The Balaban J connectivity index is 1.95. The molecule has 3 heteroatoms. The molecule has 3 aromatic rings. The molecule has 0 saturated heterocycles. The normalized spacial score (nSPS) is 11.9. The summed E-state index contributed by atoms with van der Waals surface area (Å²) < 4.78 is 10.5. The van der Waals surface area contributed by atoms with Crippen molar-refractivity contribution in [3.05, 3.63) is 70.7 Å². The van der Waals surface area contributed by atoms with Crippen LogP contribution in [0.1, 0.15) is 50.7 Å². The summed E-state index contributed by atoms with van der Waals surface area (Å²) in [5.74, 6) is 1.05. The molecule has 31 heavy (non-hydrogen) atoms. The van der Waals surface area contributed by atoms with Crippen molar-refractivity contribution in [3.8, 4) is 28.0 Å². The molecular formula is C28H32ClOTi. The van der Waals surface area contributed by atoms with Crippen LogP contribution in [-0.2, 0) is 24.3 Å². The second-order valence-corrected chi connectivity index (χ2v) is 13.2. The number of fused-ring (bicyclic) bond motifs is 3. The number of rotatable bonds is 9. The molecule has 0 unspecified atom stereocenters. The number of benzene rings is 3. The van der Waals surface area contributed by atoms with Crippen LogP contribution in [-0.4, -0.2) is 7.11 Å². The van der Waals surface area contributed by atoms with Crippen LogP contribution in [0, 0.1) is 0 Å². The molecule has 0 amide bonds.